The average molecular weight is 115 g/mol. The molecule has 0 bridgehead atoms. The monoisotopic (exact) mass is 115 g/mol. The van der Waals surface area contributed by atoms with Crippen LogP contribution in [0.25, 0.3) is 0 Å². The zero-order chi connectivity index (χ0) is 6.15. The Hall–Kier alpha value is -0.0551. The number of hydrogen-bond acceptors (Lipinski definition) is 3. The summed E-state index contributed by atoms with van der Waals surface area (Å²) in [5, 5.41) is 17.5. The molecule has 0 aromatic rings. The van der Waals surface area contributed by atoms with Gasteiger partial charge in [0.05, 0.1) is 6.10 Å². The van der Waals surface area contributed by atoms with Crippen molar-refractivity contribution in [1.29, 1.82) is 0 Å². The van der Waals surface area contributed by atoms with Gasteiger partial charge in [-0.05, 0) is 6.82 Å². The number of nitrogens with zero attached hydrogens (tertiary/aromatic N) is 1. The lowest BCUT2D eigenvalue weighted by Gasteiger charge is -2.36. The van der Waals surface area contributed by atoms with E-state index >= 15 is 0 Å². The van der Waals surface area contributed by atoms with E-state index in [-0.39, 0.29) is 6.10 Å². The highest BCUT2D eigenvalue weighted by atomic mass is 16.3. The molecule has 0 saturated carbocycles. The lowest BCUT2D eigenvalue weighted by atomic mass is 9.81. The van der Waals surface area contributed by atoms with E-state index in [2.05, 4.69) is 0 Å². The molecule has 1 heterocycles. The van der Waals surface area contributed by atoms with Gasteiger partial charge in [0.15, 0.2) is 0 Å². The van der Waals surface area contributed by atoms with Gasteiger partial charge in [-0.2, -0.15) is 0 Å². The van der Waals surface area contributed by atoms with Crippen molar-refractivity contribution >= 4 is 7.05 Å². The van der Waals surface area contributed by atoms with Crippen LogP contribution in [0.15, 0.2) is 0 Å². The van der Waals surface area contributed by atoms with E-state index in [1.165, 1.54) is 0 Å². The van der Waals surface area contributed by atoms with Crippen LogP contribution in [0.3, 0.4) is 0 Å². The van der Waals surface area contributed by atoms with Crippen LogP contribution in [0, 0.1) is 0 Å². The van der Waals surface area contributed by atoms with Crippen molar-refractivity contribution in [2.24, 2.45) is 0 Å². The van der Waals surface area contributed by atoms with Crippen LogP contribution in [0.2, 0.25) is 6.82 Å². The topological polar surface area (TPSA) is 43.7 Å². The third-order valence-corrected chi connectivity index (χ3v) is 1.42. The fourth-order valence-electron chi connectivity index (χ4n) is 0.793. The molecule has 0 aliphatic carbocycles. The van der Waals surface area contributed by atoms with Crippen LogP contribution < -0.4 is 0 Å². The van der Waals surface area contributed by atoms with E-state index in [1.54, 1.807) is 11.6 Å². The molecule has 1 rings (SSSR count). The first-order valence-corrected chi connectivity index (χ1v) is 2.80. The molecule has 1 aliphatic heterocycles. The molecule has 1 saturated heterocycles. The summed E-state index contributed by atoms with van der Waals surface area (Å²) >= 11 is 0. The first kappa shape index (κ1) is 6.07. The summed E-state index contributed by atoms with van der Waals surface area (Å²) in [6.45, 7) is 2.95. The first-order valence-electron chi connectivity index (χ1n) is 2.80. The van der Waals surface area contributed by atoms with Crippen LogP contribution in [-0.2, 0) is 0 Å². The van der Waals surface area contributed by atoms with Gasteiger partial charge >= 0.3 is 7.05 Å². The molecule has 4 heteroatoms. The summed E-state index contributed by atoms with van der Waals surface area (Å²) in [6, 6.07) is 0. The van der Waals surface area contributed by atoms with Crippen LogP contribution >= 0.6 is 0 Å². The maximum Gasteiger partial charge on any atom is 0.376 e. The van der Waals surface area contributed by atoms with Gasteiger partial charge in [-0.3, -0.25) is 0 Å². The minimum atomic E-state index is -0.390. The maximum atomic E-state index is 8.80. The van der Waals surface area contributed by atoms with E-state index < -0.39 is 7.05 Å². The summed E-state index contributed by atoms with van der Waals surface area (Å²) in [5.41, 5.74) is 0. The normalized spacial score (nSPS) is 22.9. The van der Waals surface area contributed by atoms with Gasteiger partial charge in [0.1, 0.15) is 0 Å². The highest BCUT2D eigenvalue weighted by Gasteiger charge is 2.29. The minimum Gasteiger partial charge on any atom is -0.437 e. The number of hydrogen-bond donors (Lipinski definition) is 2. The van der Waals surface area contributed by atoms with Gasteiger partial charge < -0.3 is 14.9 Å². The number of rotatable bonds is 1. The Morgan fingerprint density at radius 1 is 1.62 bits per heavy atom. The maximum absolute atomic E-state index is 8.80. The van der Waals surface area contributed by atoms with Crippen molar-refractivity contribution in [3.8, 4) is 0 Å². The lowest BCUT2D eigenvalue weighted by Crippen LogP contribution is -2.56. The largest absolute Gasteiger partial charge is 0.437 e. The SMILES string of the molecule is CB(O)N1CC(O)C1. The third-order valence-electron chi connectivity index (χ3n) is 1.42. The summed E-state index contributed by atoms with van der Waals surface area (Å²) in [6.07, 6.45) is -0.204. The summed E-state index contributed by atoms with van der Waals surface area (Å²) < 4.78 is 0. The van der Waals surface area contributed by atoms with Crippen molar-refractivity contribution in [1.82, 2.24) is 4.81 Å². The van der Waals surface area contributed by atoms with Crippen LogP contribution in [0.4, 0.5) is 0 Å². The predicted octanol–water partition coefficient (Wildman–Crippen LogP) is -1.23. The Balaban J connectivity index is 2.15. The van der Waals surface area contributed by atoms with Gasteiger partial charge in [0.25, 0.3) is 0 Å². The molecule has 0 spiro atoms. The summed E-state index contributed by atoms with van der Waals surface area (Å²) in [5.74, 6) is 0. The third kappa shape index (κ3) is 1.02. The molecule has 8 heavy (non-hydrogen) atoms. The molecule has 1 aliphatic rings. The highest BCUT2D eigenvalue weighted by molar-refractivity contribution is 6.45. The van der Waals surface area contributed by atoms with Crippen molar-refractivity contribution in [2.45, 2.75) is 12.9 Å². The minimum absolute atomic E-state index is 0.204. The number of aliphatic hydroxyl groups is 1. The van der Waals surface area contributed by atoms with E-state index in [0.29, 0.717) is 13.1 Å². The van der Waals surface area contributed by atoms with Crippen LogP contribution in [0.1, 0.15) is 0 Å². The van der Waals surface area contributed by atoms with Gasteiger partial charge in [-0.1, -0.05) is 0 Å². The fraction of sp³-hybridized carbons (Fsp3) is 1.00. The Morgan fingerprint density at radius 2 is 2.12 bits per heavy atom. The van der Waals surface area contributed by atoms with E-state index in [1.807, 2.05) is 0 Å². The molecule has 0 radical (unpaired) electrons. The number of β-amino-alcohol motifs (C(OH)–C–C–N with tert-alkyl or cyclic N) is 1. The molecule has 2 N–H and O–H groups in total. The van der Waals surface area contributed by atoms with E-state index in [0.717, 1.165) is 0 Å². The molecular weight excluding hydrogens is 105 g/mol. The highest BCUT2D eigenvalue weighted by Crippen LogP contribution is 2.06. The molecule has 3 nitrogen and oxygen atoms in total. The Bertz CT molecular complexity index is 82.1. The van der Waals surface area contributed by atoms with Gasteiger partial charge in [0.2, 0.25) is 0 Å². The Kier molecular flexibility index (Phi) is 1.55. The molecule has 0 aromatic heterocycles. The first-order chi connectivity index (χ1) is 3.70. The van der Waals surface area contributed by atoms with Crippen molar-refractivity contribution in [3.63, 3.8) is 0 Å². The van der Waals surface area contributed by atoms with Gasteiger partial charge in [-0.25, -0.2) is 0 Å². The number of aliphatic hydroxyl groups excluding tert-OH is 1. The molecule has 0 amide bonds. The zero-order valence-corrected chi connectivity index (χ0v) is 4.91. The second kappa shape index (κ2) is 2.05. The molecule has 46 valence electrons. The molecule has 0 unspecified atom stereocenters. The average Bonchev–Trinajstić information content (AvgIpc) is 1.57. The second-order valence-electron chi connectivity index (χ2n) is 2.24. The fourth-order valence-corrected chi connectivity index (χ4v) is 0.793. The molecular formula is C4H10BNO2. The lowest BCUT2D eigenvalue weighted by molar-refractivity contribution is 0.0435. The second-order valence-corrected chi connectivity index (χ2v) is 2.24. The van der Waals surface area contributed by atoms with Crippen LogP contribution in [0.5, 0.6) is 0 Å². The quantitative estimate of drug-likeness (QED) is 0.420. The summed E-state index contributed by atoms with van der Waals surface area (Å²) in [7, 11) is -0.390. The van der Waals surface area contributed by atoms with Gasteiger partial charge in [-0.15, -0.1) is 0 Å². The Labute approximate surface area is 49.1 Å². The standard InChI is InChI=1S/C4H10BNO2/c1-5(8)6-2-4(7)3-6/h4,7-8H,2-3H2,1H3. The Morgan fingerprint density at radius 3 is 2.25 bits per heavy atom. The van der Waals surface area contributed by atoms with Gasteiger partial charge in [0, 0.05) is 13.1 Å². The van der Waals surface area contributed by atoms with Crippen molar-refractivity contribution in [3.05, 3.63) is 0 Å². The smallest absolute Gasteiger partial charge is 0.376 e. The van der Waals surface area contributed by atoms with Crippen molar-refractivity contribution in [2.75, 3.05) is 13.1 Å². The summed E-state index contributed by atoms with van der Waals surface area (Å²) in [4.78, 5) is 1.80. The molecule has 1 fully saturated rings. The van der Waals surface area contributed by atoms with E-state index in [4.69, 9.17) is 10.1 Å². The van der Waals surface area contributed by atoms with E-state index in [9.17, 15) is 0 Å². The molecule has 0 aromatic carbocycles. The predicted molar refractivity (Wildman–Crippen MR) is 31.4 cm³/mol. The van der Waals surface area contributed by atoms with Crippen molar-refractivity contribution < 1.29 is 10.1 Å². The van der Waals surface area contributed by atoms with Crippen LogP contribution in [-0.4, -0.2) is 41.2 Å². The zero-order valence-electron chi connectivity index (χ0n) is 4.91. The molecule has 0 atom stereocenters.